The fourth-order valence-electron chi connectivity index (χ4n) is 2.38. The van der Waals surface area contributed by atoms with Gasteiger partial charge in [-0.15, -0.1) is 0 Å². The van der Waals surface area contributed by atoms with E-state index in [1.807, 2.05) is 54.6 Å². The van der Waals surface area contributed by atoms with Gasteiger partial charge in [0.1, 0.15) is 5.70 Å². The van der Waals surface area contributed by atoms with Crippen LogP contribution in [-0.4, -0.2) is 11.8 Å². The Kier molecular flexibility index (Phi) is 5.58. The minimum atomic E-state index is -0.385. The molecule has 2 amide bonds. The summed E-state index contributed by atoms with van der Waals surface area (Å²) >= 11 is 0. The van der Waals surface area contributed by atoms with Gasteiger partial charge in [0.25, 0.3) is 11.8 Å². The number of rotatable bonds is 5. The lowest BCUT2D eigenvalue weighted by molar-refractivity contribution is -0.113. The normalized spacial score (nSPS) is 10.8. The van der Waals surface area contributed by atoms with E-state index in [1.165, 1.54) is 0 Å². The van der Waals surface area contributed by atoms with E-state index in [0.29, 0.717) is 11.3 Å². The van der Waals surface area contributed by atoms with E-state index in [1.54, 1.807) is 42.5 Å². The third kappa shape index (κ3) is 4.68. The maximum atomic E-state index is 12.7. The van der Waals surface area contributed by atoms with E-state index in [-0.39, 0.29) is 17.5 Å². The molecule has 0 aliphatic heterocycles. The van der Waals surface area contributed by atoms with Crippen LogP contribution < -0.4 is 10.6 Å². The van der Waals surface area contributed by atoms with Crippen molar-refractivity contribution in [3.63, 3.8) is 0 Å². The number of carbonyl (C=O) groups excluding carboxylic acids is 2. The number of para-hydroxylation sites is 1. The molecule has 3 rings (SSSR count). The monoisotopic (exact) mass is 342 g/mol. The topological polar surface area (TPSA) is 58.2 Å². The van der Waals surface area contributed by atoms with E-state index >= 15 is 0 Å². The quantitative estimate of drug-likeness (QED) is 0.686. The van der Waals surface area contributed by atoms with Gasteiger partial charge in [-0.05, 0) is 35.9 Å². The largest absolute Gasteiger partial charge is 0.321 e. The second-order valence-corrected chi connectivity index (χ2v) is 5.61. The van der Waals surface area contributed by atoms with Crippen LogP contribution in [0.5, 0.6) is 0 Å². The van der Waals surface area contributed by atoms with Crippen LogP contribution in [0, 0.1) is 0 Å². The lowest BCUT2D eigenvalue weighted by atomic mass is 10.1. The lowest BCUT2D eigenvalue weighted by Gasteiger charge is -2.11. The molecule has 0 aromatic heterocycles. The summed E-state index contributed by atoms with van der Waals surface area (Å²) in [5.41, 5.74) is 2.14. The summed E-state index contributed by atoms with van der Waals surface area (Å²) in [5.74, 6) is -0.722. The van der Waals surface area contributed by atoms with Gasteiger partial charge in [0.15, 0.2) is 0 Å². The molecule has 0 saturated carbocycles. The zero-order chi connectivity index (χ0) is 18.2. The molecule has 0 fully saturated rings. The number of carbonyl (C=O) groups is 2. The van der Waals surface area contributed by atoms with Crippen LogP contribution in [0.25, 0.3) is 6.08 Å². The first-order valence-electron chi connectivity index (χ1n) is 8.22. The zero-order valence-corrected chi connectivity index (χ0v) is 14.1. The van der Waals surface area contributed by atoms with Gasteiger partial charge in [-0.1, -0.05) is 66.7 Å². The fourth-order valence-corrected chi connectivity index (χ4v) is 2.38. The Morgan fingerprint density at radius 2 is 1.23 bits per heavy atom. The second kappa shape index (κ2) is 8.44. The van der Waals surface area contributed by atoms with Crippen molar-refractivity contribution in [2.75, 3.05) is 5.32 Å². The molecule has 0 radical (unpaired) electrons. The van der Waals surface area contributed by atoms with Crippen molar-refractivity contribution < 1.29 is 9.59 Å². The number of hydrogen-bond acceptors (Lipinski definition) is 2. The van der Waals surface area contributed by atoms with E-state index in [4.69, 9.17) is 0 Å². The van der Waals surface area contributed by atoms with Crippen LogP contribution >= 0.6 is 0 Å². The van der Waals surface area contributed by atoms with Crippen molar-refractivity contribution in [1.82, 2.24) is 5.32 Å². The van der Waals surface area contributed by atoms with Gasteiger partial charge >= 0.3 is 0 Å². The van der Waals surface area contributed by atoms with Crippen LogP contribution in [0.1, 0.15) is 15.9 Å². The number of nitrogens with one attached hydrogen (secondary N) is 2. The van der Waals surface area contributed by atoms with Gasteiger partial charge in [-0.2, -0.15) is 0 Å². The molecular weight excluding hydrogens is 324 g/mol. The minimum absolute atomic E-state index is 0.175. The van der Waals surface area contributed by atoms with Crippen molar-refractivity contribution in [3.8, 4) is 0 Å². The zero-order valence-electron chi connectivity index (χ0n) is 14.1. The average molecular weight is 342 g/mol. The molecule has 26 heavy (non-hydrogen) atoms. The van der Waals surface area contributed by atoms with Crippen LogP contribution in [-0.2, 0) is 4.79 Å². The minimum Gasteiger partial charge on any atom is -0.321 e. The molecule has 0 heterocycles. The van der Waals surface area contributed by atoms with E-state index in [2.05, 4.69) is 10.6 Å². The third-order valence-corrected chi connectivity index (χ3v) is 3.67. The smallest absolute Gasteiger partial charge is 0.272 e. The van der Waals surface area contributed by atoms with Crippen molar-refractivity contribution in [1.29, 1.82) is 0 Å². The molecule has 3 aromatic rings. The van der Waals surface area contributed by atoms with Crippen LogP contribution in [0.4, 0.5) is 5.69 Å². The average Bonchev–Trinajstić information content (AvgIpc) is 2.69. The van der Waals surface area contributed by atoms with E-state index in [9.17, 15) is 9.59 Å². The highest BCUT2D eigenvalue weighted by Gasteiger charge is 2.14. The SMILES string of the molecule is O=C(Nc1ccccc1)C(=Cc1ccccc1)NC(=O)c1ccccc1. The maximum Gasteiger partial charge on any atom is 0.272 e. The molecule has 2 N–H and O–H groups in total. The van der Waals surface area contributed by atoms with Crippen LogP contribution in [0.2, 0.25) is 0 Å². The van der Waals surface area contributed by atoms with Crippen molar-refractivity contribution in [3.05, 3.63) is 108 Å². The molecule has 0 unspecified atom stereocenters. The number of anilines is 1. The highest BCUT2D eigenvalue weighted by Crippen LogP contribution is 2.11. The Hall–Kier alpha value is -3.66. The molecule has 0 spiro atoms. The van der Waals surface area contributed by atoms with Gasteiger partial charge in [0, 0.05) is 11.3 Å². The fraction of sp³-hybridized carbons (Fsp3) is 0. The van der Waals surface area contributed by atoms with Crippen LogP contribution in [0.3, 0.4) is 0 Å². The summed E-state index contributed by atoms with van der Waals surface area (Å²) in [4.78, 5) is 25.2. The summed E-state index contributed by atoms with van der Waals surface area (Å²) in [6.07, 6.45) is 1.65. The highest BCUT2D eigenvalue weighted by molar-refractivity contribution is 6.10. The number of hydrogen-bond donors (Lipinski definition) is 2. The summed E-state index contributed by atoms with van der Waals surface area (Å²) in [7, 11) is 0. The molecular formula is C22H18N2O2. The Bertz CT molecular complexity index is 905. The molecule has 0 aliphatic rings. The van der Waals surface area contributed by atoms with Gasteiger partial charge in [-0.25, -0.2) is 0 Å². The van der Waals surface area contributed by atoms with Crippen molar-refractivity contribution in [2.45, 2.75) is 0 Å². The Balaban J connectivity index is 1.85. The second-order valence-electron chi connectivity index (χ2n) is 5.61. The van der Waals surface area contributed by atoms with Gasteiger partial charge in [0.2, 0.25) is 0 Å². The Morgan fingerprint density at radius 1 is 0.692 bits per heavy atom. The van der Waals surface area contributed by atoms with Gasteiger partial charge in [-0.3, -0.25) is 9.59 Å². The van der Waals surface area contributed by atoms with E-state index in [0.717, 1.165) is 5.56 Å². The van der Waals surface area contributed by atoms with Crippen molar-refractivity contribution in [2.24, 2.45) is 0 Å². The molecule has 3 aromatic carbocycles. The molecule has 0 bridgehead atoms. The number of amides is 2. The van der Waals surface area contributed by atoms with E-state index < -0.39 is 0 Å². The van der Waals surface area contributed by atoms with Gasteiger partial charge < -0.3 is 10.6 Å². The maximum absolute atomic E-state index is 12.7. The molecule has 0 atom stereocenters. The predicted octanol–water partition coefficient (Wildman–Crippen LogP) is 4.10. The first-order chi connectivity index (χ1) is 12.7. The first-order valence-corrected chi connectivity index (χ1v) is 8.22. The highest BCUT2D eigenvalue weighted by atomic mass is 16.2. The molecule has 0 aliphatic carbocycles. The standard InChI is InChI=1S/C22H18N2O2/c25-21(18-12-6-2-7-13-18)24-20(16-17-10-4-1-5-11-17)22(26)23-19-14-8-3-9-15-19/h1-16H,(H,23,26)(H,24,25). The molecule has 4 heteroatoms. The third-order valence-electron chi connectivity index (χ3n) is 3.67. The Morgan fingerprint density at radius 3 is 1.85 bits per heavy atom. The Labute approximate surface area is 152 Å². The molecule has 0 saturated heterocycles. The lowest BCUT2D eigenvalue weighted by Crippen LogP contribution is -2.30. The predicted molar refractivity (Wildman–Crippen MR) is 103 cm³/mol. The summed E-state index contributed by atoms with van der Waals surface area (Å²) in [5, 5.41) is 5.51. The summed E-state index contributed by atoms with van der Waals surface area (Å²) in [6.45, 7) is 0. The molecule has 128 valence electrons. The summed E-state index contributed by atoms with van der Waals surface area (Å²) in [6, 6.07) is 27.3. The van der Waals surface area contributed by atoms with Gasteiger partial charge in [0.05, 0.1) is 0 Å². The molecule has 4 nitrogen and oxygen atoms in total. The summed E-state index contributed by atoms with van der Waals surface area (Å²) < 4.78 is 0. The first kappa shape index (κ1) is 17.2. The van der Waals surface area contributed by atoms with Crippen molar-refractivity contribution >= 4 is 23.6 Å². The van der Waals surface area contributed by atoms with Crippen LogP contribution in [0.15, 0.2) is 96.7 Å². The number of benzene rings is 3.